The van der Waals surface area contributed by atoms with Crippen molar-refractivity contribution < 1.29 is 9.59 Å². The highest BCUT2D eigenvalue weighted by Crippen LogP contribution is 2.12. The Hall–Kier alpha value is -1.35. The lowest BCUT2D eigenvalue weighted by atomic mass is 9.95. The van der Waals surface area contributed by atoms with Crippen LogP contribution in [0, 0.1) is 5.41 Å². The second-order valence-electron chi connectivity index (χ2n) is 2.33. The molecule has 1 amide bonds. The van der Waals surface area contributed by atoms with E-state index in [1.165, 1.54) is 13.8 Å². The zero-order valence-electron chi connectivity index (χ0n) is 5.74. The first-order valence-electron chi connectivity index (χ1n) is 2.60. The second kappa shape index (κ2) is 2.98. The van der Waals surface area contributed by atoms with Crippen LogP contribution in [0.3, 0.4) is 0 Å². The van der Waals surface area contributed by atoms with Gasteiger partial charge in [-0.2, -0.15) is 0 Å². The van der Waals surface area contributed by atoms with Crippen molar-refractivity contribution in [2.45, 2.75) is 13.8 Å². The van der Waals surface area contributed by atoms with Crippen molar-refractivity contribution in [3.05, 3.63) is 10.4 Å². The molecule has 0 aromatic rings. The number of rotatable bonds is 2. The van der Waals surface area contributed by atoms with Crippen molar-refractivity contribution >= 4 is 12.2 Å². The van der Waals surface area contributed by atoms with Crippen LogP contribution in [0.15, 0.2) is 5.11 Å². The summed E-state index contributed by atoms with van der Waals surface area (Å²) in [5.41, 5.74) is 6.63. The lowest BCUT2D eigenvalue weighted by Gasteiger charge is -2.08. The highest BCUT2D eigenvalue weighted by atomic mass is 16.2. The molecule has 54 valence electrons. The van der Waals surface area contributed by atoms with Crippen molar-refractivity contribution in [2.75, 3.05) is 0 Å². The smallest absolute Gasteiger partial charge is 0.231 e. The standard InChI is InChI=1S/C5H7N3O2/c1-5(2,3-9)4(10)7-8-6/h3H,1-2H3. The van der Waals surface area contributed by atoms with E-state index in [9.17, 15) is 9.59 Å². The van der Waals surface area contributed by atoms with Crippen LogP contribution in [0.25, 0.3) is 10.4 Å². The Bertz CT molecular complexity index is 203. The highest BCUT2D eigenvalue weighted by molar-refractivity contribution is 5.96. The number of hydrogen-bond acceptors (Lipinski definition) is 2. The maximum Gasteiger partial charge on any atom is 0.231 e. The van der Waals surface area contributed by atoms with Gasteiger partial charge in [0.25, 0.3) is 0 Å². The zero-order chi connectivity index (χ0) is 8.20. The average Bonchev–Trinajstić information content (AvgIpc) is 1.89. The normalized spacial score (nSPS) is 9.80. The first-order chi connectivity index (χ1) is 4.54. The van der Waals surface area contributed by atoms with Crippen LogP contribution >= 0.6 is 0 Å². The second-order valence-corrected chi connectivity index (χ2v) is 2.33. The van der Waals surface area contributed by atoms with E-state index < -0.39 is 11.3 Å². The third kappa shape index (κ3) is 1.87. The van der Waals surface area contributed by atoms with Crippen molar-refractivity contribution in [1.82, 2.24) is 0 Å². The van der Waals surface area contributed by atoms with Crippen LogP contribution in [0.2, 0.25) is 0 Å². The minimum atomic E-state index is -1.19. The van der Waals surface area contributed by atoms with E-state index in [4.69, 9.17) is 5.53 Å². The summed E-state index contributed by atoms with van der Waals surface area (Å²) in [6.07, 6.45) is 0.448. The molecule has 5 nitrogen and oxygen atoms in total. The molecule has 0 rings (SSSR count). The molecule has 0 aliphatic heterocycles. The van der Waals surface area contributed by atoms with Crippen LogP contribution in [0.4, 0.5) is 0 Å². The molecule has 0 atom stereocenters. The van der Waals surface area contributed by atoms with Crippen molar-refractivity contribution in [3.8, 4) is 0 Å². The van der Waals surface area contributed by atoms with Gasteiger partial charge in [0.1, 0.15) is 6.29 Å². The first kappa shape index (κ1) is 8.65. The summed E-state index contributed by atoms with van der Waals surface area (Å²) >= 11 is 0. The summed E-state index contributed by atoms with van der Waals surface area (Å²) in [6, 6.07) is 0. The third-order valence-corrected chi connectivity index (χ3v) is 0.981. The van der Waals surface area contributed by atoms with Gasteiger partial charge in [0.05, 0.1) is 5.41 Å². The van der Waals surface area contributed by atoms with Crippen molar-refractivity contribution in [1.29, 1.82) is 0 Å². The van der Waals surface area contributed by atoms with Gasteiger partial charge in [-0.25, -0.2) is 0 Å². The summed E-state index contributed by atoms with van der Waals surface area (Å²) < 4.78 is 0. The number of azide groups is 1. The van der Waals surface area contributed by atoms with Crippen LogP contribution in [0.5, 0.6) is 0 Å². The van der Waals surface area contributed by atoms with Crippen LogP contribution in [-0.4, -0.2) is 12.2 Å². The Morgan fingerprint density at radius 1 is 1.70 bits per heavy atom. The Kier molecular flexibility index (Phi) is 2.58. The van der Waals surface area contributed by atoms with Gasteiger partial charge in [-0.15, -0.1) is 0 Å². The Morgan fingerprint density at radius 2 is 2.20 bits per heavy atom. The first-order valence-corrected chi connectivity index (χ1v) is 2.60. The van der Waals surface area contributed by atoms with E-state index in [2.05, 4.69) is 10.0 Å². The molecule has 0 aliphatic carbocycles. The minimum Gasteiger partial charge on any atom is -0.302 e. The largest absolute Gasteiger partial charge is 0.302 e. The number of nitrogens with zero attached hydrogens (tertiary/aromatic N) is 3. The molecule has 5 heteroatoms. The summed E-state index contributed by atoms with van der Waals surface area (Å²) in [4.78, 5) is 23.0. The topological polar surface area (TPSA) is 82.9 Å². The van der Waals surface area contributed by atoms with Gasteiger partial charge < -0.3 is 4.79 Å². The number of carbonyl (C=O) groups excluding carboxylic acids is 2. The third-order valence-electron chi connectivity index (χ3n) is 0.981. The molecule has 0 bridgehead atoms. The number of carbonyl (C=O) groups is 2. The molecule has 0 aromatic carbocycles. The zero-order valence-corrected chi connectivity index (χ0v) is 5.74. The predicted octanol–water partition coefficient (Wildman–Crippen LogP) is 1.05. The van der Waals surface area contributed by atoms with Gasteiger partial charge in [-0.1, -0.05) is 0 Å². The lowest BCUT2D eigenvalue weighted by Crippen LogP contribution is -2.23. The Labute approximate surface area is 57.7 Å². The van der Waals surface area contributed by atoms with Gasteiger partial charge in [0.2, 0.25) is 5.91 Å². The molecule has 10 heavy (non-hydrogen) atoms. The van der Waals surface area contributed by atoms with Crippen molar-refractivity contribution in [3.63, 3.8) is 0 Å². The summed E-state index contributed by atoms with van der Waals surface area (Å²) in [6.45, 7) is 2.77. The molecular formula is C5H7N3O2. The van der Waals surface area contributed by atoms with Gasteiger partial charge in [0.15, 0.2) is 0 Å². The van der Waals surface area contributed by atoms with E-state index in [0.717, 1.165) is 0 Å². The summed E-state index contributed by atoms with van der Waals surface area (Å²) in [5.74, 6) is -0.759. The predicted molar refractivity (Wildman–Crippen MR) is 34.0 cm³/mol. The fourth-order valence-corrected chi connectivity index (χ4v) is 0.220. The number of amides is 1. The molecule has 0 saturated heterocycles. The van der Waals surface area contributed by atoms with Crippen LogP contribution in [0.1, 0.15) is 13.8 Å². The van der Waals surface area contributed by atoms with Gasteiger partial charge in [-0.3, -0.25) is 4.79 Å². The Balaban J connectivity index is 4.48. The summed E-state index contributed by atoms with van der Waals surface area (Å²) in [5, 5.41) is 2.78. The fraction of sp³-hybridized carbons (Fsp3) is 0.600. The minimum absolute atomic E-state index is 0.448. The molecule has 0 aliphatic rings. The highest BCUT2D eigenvalue weighted by Gasteiger charge is 2.25. The molecule has 0 fully saturated rings. The SMILES string of the molecule is CC(C)(C=O)C(=O)N=[N+]=[N-]. The van der Waals surface area contributed by atoms with Crippen LogP contribution < -0.4 is 0 Å². The molecular weight excluding hydrogens is 134 g/mol. The maximum absolute atomic E-state index is 10.6. The van der Waals surface area contributed by atoms with Crippen molar-refractivity contribution in [2.24, 2.45) is 10.5 Å². The number of aldehydes is 1. The fourth-order valence-electron chi connectivity index (χ4n) is 0.220. The lowest BCUT2D eigenvalue weighted by molar-refractivity contribution is -0.131. The quantitative estimate of drug-likeness (QED) is 0.189. The average molecular weight is 141 g/mol. The van der Waals surface area contributed by atoms with Crippen LogP contribution in [-0.2, 0) is 9.59 Å². The monoisotopic (exact) mass is 141 g/mol. The van der Waals surface area contributed by atoms with Gasteiger partial charge >= 0.3 is 0 Å². The van der Waals surface area contributed by atoms with Gasteiger partial charge in [-0.05, 0) is 24.5 Å². The molecule has 0 aromatic heterocycles. The molecule has 0 heterocycles. The molecule has 0 N–H and O–H groups in total. The molecule has 0 saturated carbocycles. The molecule has 0 radical (unpaired) electrons. The summed E-state index contributed by atoms with van der Waals surface area (Å²) in [7, 11) is 0. The Morgan fingerprint density at radius 3 is 2.50 bits per heavy atom. The van der Waals surface area contributed by atoms with E-state index in [0.29, 0.717) is 6.29 Å². The molecule has 0 unspecified atom stereocenters. The number of hydrogen-bond donors (Lipinski definition) is 0. The van der Waals surface area contributed by atoms with E-state index >= 15 is 0 Å². The maximum atomic E-state index is 10.6. The van der Waals surface area contributed by atoms with E-state index in [-0.39, 0.29) is 0 Å². The van der Waals surface area contributed by atoms with E-state index in [1.54, 1.807) is 0 Å². The van der Waals surface area contributed by atoms with E-state index in [1.807, 2.05) is 0 Å². The molecule has 0 spiro atoms. The van der Waals surface area contributed by atoms with Gasteiger partial charge in [0, 0.05) is 4.91 Å².